The van der Waals surface area contributed by atoms with Crippen LogP contribution in [0.5, 0.6) is 0 Å². The lowest BCUT2D eigenvalue weighted by molar-refractivity contribution is 0.368. The fraction of sp³-hybridized carbons (Fsp3) is 0.100. The Labute approximate surface area is 160 Å². The van der Waals surface area contributed by atoms with E-state index < -0.39 is 0 Å². The number of benzene rings is 2. The molecule has 0 fully saturated rings. The first kappa shape index (κ1) is 17.2. The highest BCUT2D eigenvalue weighted by molar-refractivity contribution is 6.30. The highest BCUT2D eigenvalue weighted by Gasteiger charge is 2.10. The Bertz CT molecular complexity index is 1120. The molecular formula is C20H15ClN4O2. The van der Waals surface area contributed by atoms with Crippen molar-refractivity contribution in [2.24, 2.45) is 0 Å². The average molecular weight is 379 g/mol. The molecule has 0 atom stereocenters. The van der Waals surface area contributed by atoms with Crippen molar-refractivity contribution in [2.75, 3.05) is 0 Å². The van der Waals surface area contributed by atoms with Gasteiger partial charge in [0.15, 0.2) is 0 Å². The third-order valence-electron chi connectivity index (χ3n) is 4.02. The SMILES string of the molecule is O=c1ccc(-c2cccc(Cl)c2)nn1CCc1nc(-c2ccccc2)no1. The lowest BCUT2D eigenvalue weighted by Gasteiger charge is -2.06. The zero-order valence-corrected chi connectivity index (χ0v) is 15.0. The van der Waals surface area contributed by atoms with E-state index in [2.05, 4.69) is 15.2 Å². The number of rotatable bonds is 5. The van der Waals surface area contributed by atoms with Gasteiger partial charge in [0.25, 0.3) is 5.56 Å². The van der Waals surface area contributed by atoms with E-state index in [4.69, 9.17) is 16.1 Å². The van der Waals surface area contributed by atoms with Crippen molar-refractivity contribution in [3.63, 3.8) is 0 Å². The van der Waals surface area contributed by atoms with Gasteiger partial charge in [-0.15, -0.1) is 0 Å². The van der Waals surface area contributed by atoms with Gasteiger partial charge in [0.2, 0.25) is 11.7 Å². The molecule has 0 aliphatic rings. The van der Waals surface area contributed by atoms with Gasteiger partial charge in [-0.2, -0.15) is 10.1 Å². The average Bonchev–Trinajstić information content (AvgIpc) is 3.17. The lowest BCUT2D eigenvalue weighted by atomic mass is 10.1. The van der Waals surface area contributed by atoms with Crippen LogP contribution >= 0.6 is 11.6 Å². The first-order chi connectivity index (χ1) is 13.2. The molecule has 0 unspecified atom stereocenters. The smallest absolute Gasteiger partial charge is 0.266 e. The maximum Gasteiger partial charge on any atom is 0.266 e. The normalized spacial score (nSPS) is 10.9. The zero-order chi connectivity index (χ0) is 18.6. The molecule has 134 valence electrons. The van der Waals surface area contributed by atoms with Gasteiger partial charge in [0.1, 0.15) is 0 Å². The van der Waals surface area contributed by atoms with E-state index >= 15 is 0 Å². The van der Waals surface area contributed by atoms with Crippen molar-refractivity contribution in [3.05, 3.63) is 88.0 Å². The van der Waals surface area contributed by atoms with Crippen molar-refractivity contribution in [3.8, 4) is 22.6 Å². The van der Waals surface area contributed by atoms with Gasteiger partial charge in [-0.1, -0.05) is 59.2 Å². The molecule has 4 aromatic rings. The van der Waals surface area contributed by atoms with E-state index in [1.165, 1.54) is 10.7 Å². The molecule has 0 saturated carbocycles. The second kappa shape index (κ2) is 7.55. The Hall–Kier alpha value is -3.25. The second-order valence-electron chi connectivity index (χ2n) is 5.92. The molecule has 0 aliphatic heterocycles. The van der Waals surface area contributed by atoms with Crippen LogP contribution in [0.25, 0.3) is 22.6 Å². The molecular weight excluding hydrogens is 364 g/mol. The fourth-order valence-electron chi connectivity index (χ4n) is 2.67. The molecule has 0 amide bonds. The number of aryl methyl sites for hydroxylation is 2. The van der Waals surface area contributed by atoms with Crippen LogP contribution in [0.4, 0.5) is 0 Å². The van der Waals surface area contributed by atoms with E-state index in [9.17, 15) is 4.79 Å². The predicted molar refractivity (Wildman–Crippen MR) is 102 cm³/mol. The Kier molecular flexibility index (Phi) is 4.80. The summed E-state index contributed by atoms with van der Waals surface area (Å²) in [6.45, 7) is 0.337. The molecule has 0 N–H and O–H groups in total. The largest absolute Gasteiger partial charge is 0.339 e. The van der Waals surface area contributed by atoms with Crippen molar-refractivity contribution >= 4 is 11.6 Å². The van der Waals surface area contributed by atoms with Gasteiger partial charge in [0, 0.05) is 28.6 Å². The van der Waals surface area contributed by atoms with E-state index in [0.717, 1.165) is 11.1 Å². The van der Waals surface area contributed by atoms with Crippen molar-refractivity contribution in [1.29, 1.82) is 0 Å². The van der Waals surface area contributed by atoms with Gasteiger partial charge in [-0.25, -0.2) is 4.68 Å². The lowest BCUT2D eigenvalue weighted by Crippen LogP contribution is -2.23. The van der Waals surface area contributed by atoms with Crippen LogP contribution in [0.3, 0.4) is 0 Å². The monoisotopic (exact) mass is 378 g/mol. The minimum atomic E-state index is -0.191. The van der Waals surface area contributed by atoms with Crippen LogP contribution in [0, 0.1) is 0 Å². The Morgan fingerprint density at radius 2 is 1.78 bits per heavy atom. The Morgan fingerprint density at radius 3 is 2.59 bits per heavy atom. The van der Waals surface area contributed by atoms with Gasteiger partial charge in [-0.05, 0) is 18.2 Å². The molecule has 0 saturated heterocycles. The van der Waals surface area contributed by atoms with E-state index in [-0.39, 0.29) is 5.56 Å². The van der Waals surface area contributed by atoms with Gasteiger partial charge >= 0.3 is 0 Å². The molecule has 2 aromatic heterocycles. The maximum atomic E-state index is 12.1. The Balaban J connectivity index is 1.53. The molecule has 2 heterocycles. The van der Waals surface area contributed by atoms with Crippen molar-refractivity contribution < 1.29 is 4.52 Å². The molecule has 0 bridgehead atoms. The summed E-state index contributed by atoms with van der Waals surface area (Å²) in [5.41, 5.74) is 2.21. The quantitative estimate of drug-likeness (QED) is 0.527. The summed E-state index contributed by atoms with van der Waals surface area (Å²) in [6.07, 6.45) is 0.408. The highest BCUT2D eigenvalue weighted by atomic mass is 35.5. The minimum Gasteiger partial charge on any atom is -0.339 e. The molecule has 0 radical (unpaired) electrons. The summed E-state index contributed by atoms with van der Waals surface area (Å²) < 4.78 is 6.68. The van der Waals surface area contributed by atoms with Crippen LogP contribution in [0.15, 0.2) is 76.0 Å². The summed E-state index contributed by atoms with van der Waals surface area (Å²) in [7, 11) is 0. The standard InChI is InChI=1S/C20H15ClN4O2/c21-16-8-4-7-15(13-16)17-9-10-19(26)25(23-17)12-11-18-22-20(24-27-18)14-5-2-1-3-6-14/h1-10,13H,11-12H2. The van der Waals surface area contributed by atoms with Crippen LogP contribution in [0.1, 0.15) is 5.89 Å². The number of aromatic nitrogens is 4. The summed E-state index contributed by atoms with van der Waals surface area (Å²) in [6, 6.07) is 20.1. The maximum absolute atomic E-state index is 12.1. The third-order valence-corrected chi connectivity index (χ3v) is 4.26. The predicted octanol–water partition coefficient (Wildman–Crippen LogP) is 3.86. The second-order valence-corrected chi connectivity index (χ2v) is 6.35. The highest BCUT2D eigenvalue weighted by Crippen LogP contribution is 2.20. The third kappa shape index (κ3) is 3.96. The molecule has 7 heteroatoms. The number of hydrogen-bond donors (Lipinski definition) is 0. The van der Waals surface area contributed by atoms with Gasteiger partial charge in [-0.3, -0.25) is 4.79 Å². The molecule has 2 aromatic carbocycles. The summed E-state index contributed by atoms with van der Waals surface area (Å²) in [4.78, 5) is 16.5. The number of halogens is 1. The zero-order valence-electron chi connectivity index (χ0n) is 14.2. The van der Waals surface area contributed by atoms with Gasteiger partial charge in [0.05, 0.1) is 12.2 Å². The molecule has 4 rings (SSSR count). The number of hydrogen-bond acceptors (Lipinski definition) is 5. The topological polar surface area (TPSA) is 73.8 Å². The minimum absolute atomic E-state index is 0.191. The molecule has 0 aliphatic carbocycles. The first-order valence-electron chi connectivity index (χ1n) is 8.41. The van der Waals surface area contributed by atoms with E-state index in [1.54, 1.807) is 12.1 Å². The summed E-state index contributed by atoms with van der Waals surface area (Å²) >= 11 is 6.04. The van der Waals surface area contributed by atoms with Gasteiger partial charge < -0.3 is 4.52 Å². The van der Waals surface area contributed by atoms with Crippen LogP contribution < -0.4 is 5.56 Å². The Morgan fingerprint density at radius 1 is 0.963 bits per heavy atom. The van der Waals surface area contributed by atoms with E-state index in [1.807, 2.05) is 48.5 Å². The van der Waals surface area contributed by atoms with Crippen LogP contribution in [0.2, 0.25) is 5.02 Å². The van der Waals surface area contributed by atoms with Crippen LogP contribution in [-0.2, 0) is 13.0 Å². The summed E-state index contributed by atoms with van der Waals surface area (Å²) in [5, 5.41) is 9.02. The summed E-state index contributed by atoms with van der Waals surface area (Å²) in [5.74, 6) is 0.981. The van der Waals surface area contributed by atoms with Crippen LogP contribution in [-0.4, -0.2) is 19.9 Å². The molecule has 27 heavy (non-hydrogen) atoms. The number of nitrogens with zero attached hydrogens (tertiary/aromatic N) is 4. The van der Waals surface area contributed by atoms with Crippen molar-refractivity contribution in [1.82, 2.24) is 19.9 Å². The van der Waals surface area contributed by atoms with E-state index in [0.29, 0.717) is 35.4 Å². The fourth-order valence-corrected chi connectivity index (χ4v) is 2.86. The first-order valence-corrected chi connectivity index (χ1v) is 8.79. The van der Waals surface area contributed by atoms with Crippen molar-refractivity contribution in [2.45, 2.75) is 13.0 Å². The molecule has 6 nitrogen and oxygen atoms in total. The molecule has 0 spiro atoms.